The van der Waals surface area contributed by atoms with Crippen molar-refractivity contribution in [2.75, 3.05) is 27.3 Å². The van der Waals surface area contributed by atoms with Crippen LogP contribution in [0.4, 0.5) is 4.79 Å². The summed E-state index contributed by atoms with van der Waals surface area (Å²) in [6.45, 7) is 8.48. The molecule has 0 radical (unpaired) electrons. The van der Waals surface area contributed by atoms with Crippen molar-refractivity contribution < 1.29 is 34.1 Å². The van der Waals surface area contributed by atoms with E-state index in [0.29, 0.717) is 38.3 Å². The zero-order valence-corrected chi connectivity index (χ0v) is 27.7. The van der Waals surface area contributed by atoms with Crippen LogP contribution in [-0.4, -0.2) is 90.7 Å². The van der Waals surface area contributed by atoms with E-state index in [1.807, 2.05) is 58.0 Å². The summed E-state index contributed by atoms with van der Waals surface area (Å²) in [5, 5.41) is 27.8. The van der Waals surface area contributed by atoms with Crippen molar-refractivity contribution in [2.24, 2.45) is 17.8 Å². The number of methoxy groups -OCH3 is 1. The first kappa shape index (κ1) is 37.5. The first-order valence-electron chi connectivity index (χ1n) is 16.3. The van der Waals surface area contributed by atoms with Gasteiger partial charge in [0.2, 0.25) is 5.91 Å². The van der Waals surface area contributed by atoms with Crippen LogP contribution < -0.4 is 10.6 Å². The van der Waals surface area contributed by atoms with Crippen molar-refractivity contribution in [1.82, 2.24) is 15.5 Å². The molecule has 0 heterocycles. The predicted octanol–water partition coefficient (Wildman–Crippen LogP) is 4.07. The number of carbonyl (C=O) groups excluding carboxylic acids is 3. The van der Waals surface area contributed by atoms with Crippen molar-refractivity contribution in [2.45, 2.75) is 116 Å². The molecule has 2 rings (SSSR count). The van der Waals surface area contributed by atoms with Crippen LogP contribution in [0.15, 0.2) is 30.3 Å². The monoisotopic (exact) mass is 619 g/mol. The Morgan fingerprint density at radius 2 is 1.57 bits per heavy atom. The number of aliphatic hydroxyl groups is 2. The third kappa shape index (κ3) is 13.5. The van der Waals surface area contributed by atoms with Crippen LogP contribution in [-0.2, 0) is 25.5 Å². The maximum Gasteiger partial charge on any atom is 0.410 e. The van der Waals surface area contributed by atoms with Crippen molar-refractivity contribution in [3.63, 3.8) is 0 Å². The summed E-state index contributed by atoms with van der Waals surface area (Å²) in [4.78, 5) is 41.7. The van der Waals surface area contributed by atoms with E-state index in [-0.39, 0.29) is 18.3 Å². The third-order valence-corrected chi connectivity index (χ3v) is 8.24. The maximum absolute atomic E-state index is 13.8. The number of ether oxygens (including phenoxy) is 2. The zero-order chi connectivity index (χ0) is 32.6. The summed E-state index contributed by atoms with van der Waals surface area (Å²) in [5.74, 6) is -0.415. The van der Waals surface area contributed by atoms with Gasteiger partial charge in [-0.15, -0.1) is 0 Å². The lowest BCUT2D eigenvalue weighted by molar-refractivity contribution is -0.135. The topological polar surface area (TPSA) is 137 Å². The molecule has 1 aromatic rings. The minimum absolute atomic E-state index is 0.0644. The number of nitrogens with one attached hydrogen (secondary N) is 2. The molecule has 0 spiro atoms. The van der Waals surface area contributed by atoms with Crippen LogP contribution >= 0.6 is 0 Å². The minimum atomic E-state index is -1.17. The number of hydrogen-bond donors (Lipinski definition) is 4. The maximum atomic E-state index is 13.8. The second-order valence-electron chi connectivity index (χ2n) is 13.2. The van der Waals surface area contributed by atoms with Gasteiger partial charge in [0.05, 0.1) is 18.8 Å². The Balaban J connectivity index is 2.25. The molecule has 250 valence electrons. The van der Waals surface area contributed by atoms with Crippen LogP contribution in [0.3, 0.4) is 0 Å². The Hall–Kier alpha value is -2.69. The van der Waals surface area contributed by atoms with Gasteiger partial charge in [0, 0.05) is 27.1 Å². The van der Waals surface area contributed by atoms with Gasteiger partial charge in [-0.05, 0) is 42.6 Å². The molecule has 5 atom stereocenters. The largest absolute Gasteiger partial charge is 0.436 e. The summed E-state index contributed by atoms with van der Waals surface area (Å²) in [7, 11) is 3.10. The molecule has 1 saturated carbocycles. The van der Waals surface area contributed by atoms with E-state index in [9.17, 15) is 24.6 Å². The van der Waals surface area contributed by atoms with Crippen molar-refractivity contribution in [3.05, 3.63) is 35.9 Å². The molecular weight excluding hydrogens is 562 g/mol. The van der Waals surface area contributed by atoms with Crippen molar-refractivity contribution in [1.29, 1.82) is 0 Å². The summed E-state index contributed by atoms with van der Waals surface area (Å²) < 4.78 is 10.7. The van der Waals surface area contributed by atoms with Crippen LogP contribution in [0.25, 0.3) is 0 Å². The fourth-order valence-electron chi connectivity index (χ4n) is 5.75. The van der Waals surface area contributed by atoms with Gasteiger partial charge in [0.25, 0.3) is 5.91 Å². The van der Waals surface area contributed by atoms with Crippen LogP contribution in [0.1, 0.15) is 84.6 Å². The van der Waals surface area contributed by atoms with Gasteiger partial charge >= 0.3 is 6.09 Å². The molecule has 1 aliphatic carbocycles. The Kier molecular flexibility index (Phi) is 16.7. The van der Waals surface area contributed by atoms with Crippen molar-refractivity contribution in [3.8, 4) is 0 Å². The Morgan fingerprint density at radius 1 is 0.932 bits per heavy atom. The molecule has 0 aromatic heterocycles. The van der Waals surface area contributed by atoms with Gasteiger partial charge in [-0.3, -0.25) is 9.59 Å². The molecule has 3 amide bonds. The predicted molar refractivity (Wildman–Crippen MR) is 171 cm³/mol. The van der Waals surface area contributed by atoms with Gasteiger partial charge in [-0.1, -0.05) is 90.1 Å². The highest BCUT2D eigenvalue weighted by atomic mass is 16.6. The molecular formula is C34H57N3O7. The van der Waals surface area contributed by atoms with Crippen molar-refractivity contribution >= 4 is 17.9 Å². The molecule has 1 fully saturated rings. The van der Waals surface area contributed by atoms with E-state index < -0.39 is 48.3 Å². The zero-order valence-electron chi connectivity index (χ0n) is 27.7. The van der Waals surface area contributed by atoms with Gasteiger partial charge in [-0.25, -0.2) is 4.79 Å². The average molecular weight is 620 g/mol. The second kappa shape index (κ2) is 19.6. The first-order chi connectivity index (χ1) is 20.9. The number of carbonyl (C=O) groups is 3. The lowest BCUT2D eigenvalue weighted by atomic mass is 9.82. The summed E-state index contributed by atoms with van der Waals surface area (Å²) in [6.07, 6.45) is 2.97. The smallest absolute Gasteiger partial charge is 0.410 e. The standard InChI is InChI=1S/C34H57N3O7/c1-23(2)19-28(32(40)35-27(21-25-13-9-7-10-14-25)31(39)29(38)20-24(3)4)36-33(41)30(22-26-15-11-8-12-16-26)44-34(42)37(5)17-18-43-6/h8,11-12,15-16,23-25,27-31,38-39H,7,9-10,13-14,17-22H2,1-6H3,(H,35,40)(H,36,41)/t27-,28?,29-,30-,31+/m0/s1. The Morgan fingerprint density at radius 3 is 2.16 bits per heavy atom. The Labute approximate surface area is 264 Å². The number of hydrogen-bond acceptors (Lipinski definition) is 7. The fraction of sp³-hybridized carbons (Fsp3) is 0.735. The van der Waals surface area contributed by atoms with E-state index in [2.05, 4.69) is 10.6 Å². The minimum Gasteiger partial charge on any atom is -0.436 e. The molecule has 10 heteroatoms. The first-order valence-corrected chi connectivity index (χ1v) is 16.3. The number of amides is 3. The molecule has 44 heavy (non-hydrogen) atoms. The molecule has 0 bridgehead atoms. The lowest BCUT2D eigenvalue weighted by Gasteiger charge is -2.34. The normalized spacial score (nSPS) is 17.4. The quantitative estimate of drug-likeness (QED) is 0.194. The molecule has 1 aromatic carbocycles. The number of aliphatic hydroxyl groups excluding tert-OH is 2. The van der Waals surface area contributed by atoms with Crippen LogP contribution in [0.2, 0.25) is 0 Å². The van der Waals surface area contributed by atoms with Gasteiger partial charge in [0.15, 0.2) is 6.10 Å². The van der Waals surface area contributed by atoms with Crippen LogP contribution in [0, 0.1) is 17.8 Å². The van der Waals surface area contributed by atoms with E-state index in [0.717, 1.165) is 31.2 Å². The van der Waals surface area contributed by atoms with E-state index in [1.54, 1.807) is 7.05 Å². The molecule has 10 nitrogen and oxygen atoms in total. The van der Waals surface area contributed by atoms with E-state index >= 15 is 0 Å². The fourth-order valence-corrected chi connectivity index (χ4v) is 5.75. The van der Waals surface area contributed by atoms with Gasteiger partial charge < -0.3 is 35.2 Å². The summed E-state index contributed by atoms with van der Waals surface area (Å²) >= 11 is 0. The van der Waals surface area contributed by atoms with Crippen LogP contribution in [0.5, 0.6) is 0 Å². The molecule has 4 N–H and O–H groups in total. The molecule has 0 aliphatic heterocycles. The van der Waals surface area contributed by atoms with E-state index in [4.69, 9.17) is 9.47 Å². The van der Waals surface area contributed by atoms with E-state index in [1.165, 1.54) is 18.4 Å². The number of likely N-dealkylation sites (N-methyl/N-ethyl adjacent to an activating group) is 1. The molecule has 1 unspecified atom stereocenters. The SMILES string of the molecule is COCCN(C)C(=O)O[C@@H](Cc1ccccc1)C(=O)NC(CC(C)C)C(=O)N[C@@H](CC1CCCCC1)[C@@H](O)[C@@H](O)CC(C)C. The molecule has 0 saturated heterocycles. The lowest BCUT2D eigenvalue weighted by Crippen LogP contribution is -2.57. The number of benzene rings is 1. The number of nitrogens with zero attached hydrogens (tertiary/aromatic N) is 1. The second-order valence-corrected chi connectivity index (χ2v) is 13.2. The average Bonchev–Trinajstić information content (AvgIpc) is 2.98. The molecule has 1 aliphatic rings. The summed E-state index contributed by atoms with van der Waals surface area (Å²) in [5.41, 5.74) is 0.805. The Bertz CT molecular complexity index is 984. The number of rotatable bonds is 18. The highest BCUT2D eigenvalue weighted by molar-refractivity contribution is 5.90. The highest BCUT2D eigenvalue weighted by Crippen LogP contribution is 2.29. The summed E-state index contributed by atoms with van der Waals surface area (Å²) in [6, 6.07) is 7.67. The highest BCUT2D eigenvalue weighted by Gasteiger charge is 2.35. The van der Waals surface area contributed by atoms with Gasteiger partial charge in [-0.2, -0.15) is 0 Å². The van der Waals surface area contributed by atoms with Gasteiger partial charge in [0.1, 0.15) is 12.1 Å². The third-order valence-electron chi connectivity index (χ3n) is 8.24.